The molecule has 28 heavy (non-hydrogen) atoms. The van der Waals surface area contributed by atoms with Gasteiger partial charge in [0.05, 0.1) is 16.1 Å². The molecule has 0 radical (unpaired) electrons. The lowest BCUT2D eigenvalue weighted by atomic mass is 10.00. The van der Waals surface area contributed by atoms with Gasteiger partial charge in [-0.25, -0.2) is 4.98 Å². The molecule has 0 atom stereocenters. The number of rotatable bonds is 6. The Morgan fingerprint density at radius 3 is 2.93 bits per heavy atom. The number of H-pyrrole nitrogens is 1. The van der Waals surface area contributed by atoms with Crippen molar-refractivity contribution in [2.75, 3.05) is 5.32 Å². The molecule has 0 saturated heterocycles. The zero-order chi connectivity index (χ0) is 20.4. The molecule has 0 spiro atoms. The fraction of sp³-hybridized carbons (Fsp3) is 0.263. The minimum absolute atomic E-state index is 0.0673. The third-order valence-electron chi connectivity index (χ3n) is 4.22. The molecule has 0 aliphatic carbocycles. The molecule has 2 aromatic heterocycles. The van der Waals surface area contributed by atoms with Crippen molar-refractivity contribution in [3.63, 3.8) is 0 Å². The standard InChI is InChI=1S/C19H21N5O2S2/c1-5-8-24-16(22-23-19(24)27)15-11(4)20-18(28-15)21-17(26)13-9-12(10(2)3)6-7-14(13)25/h5-7,9-10,25H,1,8H2,2-4H3,(H,23,27)(H,20,21,26). The van der Waals surface area contributed by atoms with Crippen LogP contribution in [-0.2, 0) is 6.54 Å². The van der Waals surface area contributed by atoms with Crippen LogP contribution in [0.3, 0.4) is 0 Å². The number of aromatic nitrogens is 4. The number of aromatic amines is 1. The van der Waals surface area contributed by atoms with Gasteiger partial charge in [-0.2, -0.15) is 5.10 Å². The highest BCUT2D eigenvalue weighted by atomic mass is 32.1. The summed E-state index contributed by atoms with van der Waals surface area (Å²) in [5, 5.41) is 20.3. The maximum Gasteiger partial charge on any atom is 0.261 e. The number of nitrogens with one attached hydrogen (secondary N) is 2. The lowest BCUT2D eigenvalue weighted by Gasteiger charge is -2.09. The Kier molecular flexibility index (Phi) is 5.76. The monoisotopic (exact) mass is 415 g/mol. The second kappa shape index (κ2) is 8.07. The molecule has 3 aromatic rings. The third-order valence-corrected chi connectivity index (χ3v) is 5.60. The SMILES string of the molecule is C=CCn1c(-c2sc(NC(=O)c3cc(C(C)C)ccc3O)nc2C)n[nH]c1=S. The Bertz CT molecular complexity index is 1090. The van der Waals surface area contributed by atoms with Crippen LogP contribution in [0, 0.1) is 11.7 Å². The summed E-state index contributed by atoms with van der Waals surface area (Å²) < 4.78 is 2.30. The average molecular weight is 416 g/mol. The largest absolute Gasteiger partial charge is 0.507 e. The summed E-state index contributed by atoms with van der Waals surface area (Å²) in [5.74, 6) is 0.408. The number of aryl methyl sites for hydroxylation is 1. The highest BCUT2D eigenvalue weighted by molar-refractivity contribution is 7.71. The fourth-order valence-electron chi connectivity index (χ4n) is 2.71. The van der Waals surface area contributed by atoms with Gasteiger partial charge in [-0.05, 0) is 42.8 Å². The van der Waals surface area contributed by atoms with Crippen molar-refractivity contribution in [2.24, 2.45) is 0 Å². The number of hydrogen-bond acceptors (Lipinski definition) is 6. The van der Waals surface area contributed by atoms with Crippen LogP contribution < -0.4 is 5.32 Å². The highest BCUT2D eigenvalue weighted by Crippen LogP contribution is 2.32. The molecule has 3 rings (SSSR count). The van der Waals surface area contributed by atoms with E-state index >= 15 is 0 Å². The molecular formula is C19H21N5O2S2. The van der Waals surface area contributed by atoms with Gasteiger partial charge < -0.3 is 5.11 Å². The molecule has 1 aromatic carbocycles. The van der Waals surface area contributed by atoms with Crippen LogP contribution in [-0.4, -0.2) is 30.8 Å². The number of carbonyl (C=O) groups is 1. The lowest BCUT2D eigenvalue weighted by molar-refractivity contribution is 0.102. The first-order chi connectivity index (χ1) is 13.3. The Hall–Kier alpha value is -2.78. The number of phenols is 1. The zero-order valence-corrected chi connectivity index (χ0v) is 17.4. The van der Waals surface area contributed by atoms with Gasteiger partial charge in [0.1, 0.15) is 5.75 Å². The van der Waals surface area contributed by atoms with Crippen molar-refractivity contribution in [3.8, 4) is 16.5 Å². The molecule has 146 valence electrons. The van der Waals surface area contributed by atoms with E-state index in [2.05, 4.69) is 27.1 Å². The second-order valence-corrected chi connectivity index (χ2v) is 7.96. The maximum absolute atomic E-state index is 12.7. The number of benzene rings is 1. The van der Waals surface area contributed by atoms with Gasteiger partial charge in [-0.15, -0.1) is 6.58 Å². The molecular weight excluding hydrogens is 394 g/mol. The quantitative estimate of drug-likeness (QED) is 0.403. The van der Waals surface area contributed by atoms with E-state index in [0.717, 1.165) is 16.1 Å². The van der Waals surface area contributed by atoms with E-state index in [0.29, 0.717) is 22.3 Å². The van der Waals surface area contributed by atoms with Gasteiger partial charge in [0, 0.05) is 6.54 Å². The molecule has 0 aliphatic heterocycles. The minimum atomic E-state index is -0.412. The molecule has 9 heteroatoms. The van der Waals surface area contributed by atoms with E-state index in [1.807, 2.05) is 31.4 Å². The third kappa shape index (κ3) is 3.90. The second-order valence-electron chi connectivity index (χ2n) is 6.57. The molecule has 3 N–H and O–H groups in total. The smallest absolute Gasteiger partial charge is 0.261 e. The Labute approximate surface area is 171 Å². The number of carbonyl (C=O) groups excluding carboxylic acids is 1. The molecule has 0 unspecified atom stereocenters. The minimum Gasteiger partial charge on any atom is -0.507 e. The van der Waals surface area contributed by atoms with Crippen LogP contribution >= 0.6 is 23.6 Å². The summed E-state index contributed by atoms with van der Waals surface area (Å²) in [4.78, 5) is 17.9. The summed E-state index contributed by atoms with van der Waals surface area (Å²) in [6, 6.07) is 5.05. The Morgan fingerprint density at radius 2 is 2.25 bits per heavy atom. The van der Waals surface area contributed by atoms with Crippen molar-refractivity contribution >= 4 is 34.6 Å². The van der Waals surface area contributed by atoms with Crippen molar-refractivity contribution in [2.45, 2.75) is 33.2 Å². The number of nitrogens with zero attached hydrogens (tertiary/aromatic N) is 3. The molecule has 0 aliphatic rings. The summed E-state index contributed by atoms with van der Waals surface area (Å²) in [7, 11) is 0. The van der Waals surface area contributed by atoms with Gasteiger partial charge in [-0.1, -0.05) is 37.3 Å². The summed E-state index contributed by atoms with van der Waals surface area (Å²) >= 11 is 6.55. The van der Waals surface area contributed by atoms with Crippen molar-refractivity contribution in [1.29, 1.82) is 0 Å². The van der Waals surface area contributed by atoms with E-state index in [9.17, 15) is 9.90 Å². The van der Waals surface area contributed by atoms with Crippen molar-refractivity contribution in [3.05, 3.63) is 52.4 Å². The topological polar surface area (TPSA) is 95.8 Å². The van der Waals surface area contributed by atoms with Crippen LogP contribution in [0.1, 0.15) is 41.4 Å². The van der Waals surface area contributed by atoms with E-state index in [1.165, 1.54) is 17.4 Å². The fourth-order valence-corrected chi connectivity index (χ4v) is 3.87. The molecule has 7 nitrogen and oxygen atoms in total. The molecule has 2 heterocycles. The Morgan fingerprint density at radius 1 is 1.50 bits per heavy atom. The van der Waals surface area contributed by atoms with Gasteiger partial charge >= 0.3 is 0 Å². The average Bonchev–Trinajstić information content (AvgIpc) is 3.18. The number of anilines is 1. The zero-order valence-electron chi connectivity index (χ0n) is 15.8. The van der Waals surface area contributed by atoms with Crippen LogP contribution in [0.5, 0.6) is 5.75 Å². The first-order valence-electron chi connectivity index (χ1n) is 8.70. The summed E-state index contributed by atoms with van der Waals surface area (Å²) in [5.41, 5.74) is 1.91. The summed E-state index contributed by atoms with van der Waals surface area (Å²) in [6.07, 6.45) is 1.73. The van der Waals surface area contributed by atoms with E-state index in [-0.39, 0.29) is 17.2 Å². The van der Waals surface area contributed by atoms with Gasteiger partial charge in [-0.3, -0.25) is 19.8 Å². The van der Waals surface area contributed by atoms with Crippen molar-refractivity contribution in [1.82, 2.24) is 19.7 Å². The van der Waals surface area contributed by atoms with E-state index < -0.39 is 5.91 Å². The van der Waals surface area contributed by atoms with Crippen LogP contribution in [0.4, 0.5) is 5.13 Å². The number of aromatic hydroxyl groups is 1. The highest BCUT2D eigenvalue weighted by Gasteiger charge is 2.19. The number of amides is 1. The van der Waals surface area contributed by atoms with Crippen LogP contribution in [0.15, 0.2) is 30.9 Å². The first kappa shape index (κ1) is 20.0. The Balaban J connectivity index is 1.91. The number of hydrogen-bond donors (Lipinski definition) is 3. The predicted octanol–water partition coefficient (Wildman–Crippen LogP) is 4.64. The van der Waals surface area contributed by atoms with E-state index in [1.54, 1.807) is 12.1 Å². The molecule has 0 fully saturated rings. The van der Waals surface area contributed by atoms with Gasteiger partial charge in [0.15, 0.2) is 15.7 Å². The van der Waals surface area contributed by atoms with Crippen LogP contribution in [0.25, 0.3) is 10.7 Å². The molecule has 0 bridgehead atoms. The normalized spacial score (nSPS) is 11.0. The predicted molar refractivity (Wildman–Crippen MR) is 114 cm³/mol. The lowest BCUT2D eigenvalue weighted by Crippen LogP contribution is -2.12. The maximum atomic E-state index is 12.7. The number of phenolic OH excluding ortho intramolecular Hbond substituents is 1. The first-order valence-corrected chi connectivity index (χ1v) is 9.92. The van der Waals surface area contributed by atoms with Gasteiger partial charge in [0.2, 0.25) is 0 Å². The van der Waals surface area contributed by atoms with E-state index in [4.69, 9.17) is 12.2 Å². The summed E-state index contributed by atoms with van der Waals surface area (Å²) in [6.45, 7) is 10.1. The van der Waals surface area contributed by atoms with Gasteiger partial charge in [0.25, 0.3) is 5.91 Å². The number of thiazole rings is 1. The molecule has 1 amide bonds. The van der Waals surface area contributed by atoms with Crippen molar-refractivity contribution < 1.29 is 9.90 Å². The molecule has 0 saturated carbocycles. The van der Waals surface area contributed by atoms with Crippen LogP contribution in [0.2, 0.25) is 0 Å². The number of allylic oxidation sites excluding steroid dienone is 1.